The molecule has 1 amide bonds. The summed E-state index contributed by atoms with van der Waals surface area (Å²) < 4.78 is 0. The largest absolute Gasteiger partial charge is 0.336 e. The summed E-state index contributed by atoms with van der Waals surface area (Å²) in [4.78, 5) is 20.7. The number of halogens is 1. The van der Waals surface area contributed by atoms with E-state index >= 15 is 0 Å². The van der Waals surface area contributed by atoms with E-state index in [2.05, 4.69) is 23.7 Å². The van der Waals surface area contributed by atoms with Crippen LogP contribution in [0.4, 0.5) is 0 Å². The van der Waals surface area contributed by atoms with Crippen molar-refractivity contribution in [3.63, 3.8) is 0 Å². The molecule has 0 unspecified atom stereocenters. The Hall–Kier alpha value is -1.13. The molecule has 0 N–H and O–H groups in total. The molecule has 0 saturated carbocycles. The van der Waals surface area contributed by atoms with Gasteiger partial charge in [0.1, 0.15) is 0 Å². The van der Waals surface area contributed by atoms with Crippen molar-refractivity contribution in [1.82, 2.24) is 14.8 Å². The average Bonchev–Trinajstić information content (AvgIpc) is 2.45. The molecule has 1 aliphatic heterocycles. The Kier molecular flexibility index (Phi) is 5.38. The maximum Gasteiger partial charge on any atom is 0.257 e. The molecule has 1 aromatic heterocycles. The van der Waals surface area contributed by atoms with Gasteiger partial charge >= 0.3 is 0 Å². The van der Waals surface area contributed by atoms with Crippen LogP contribution < -0.4 is 0 Å². The van der Waals surface area contributed by atoms with Crippen LogP contribution in [-0.4, -0.2) is 53.4 Å². The van der Waals surface area contributed by atoms with Crippen LogP contribution in [0.2, 0.25) is 5.02 Å². The first-order chi connectivity index (χ1) is 9.58. The number of carbonyl (C=O) groups excluding carboxylic acids is 1. The van der Waals surface area contributed by atoms with Gasteiger partial charge in [-0.05, 0) is 24.9 Å². The number of hydrogen-bond donors (Lipinski definition) is 0. The van der Waals surface area contributed by atoms with Gasteiger partial charge in [-0.3, -0.25) is 14.7 Å². The Bertz CT molecular complexity index is 456. The molecule has 0 radical (unpaired) electrons. The second-order valence-corrected chi connectivity index (χ2v) is 6.08. The molecule has 110 valence electrons. The maximum absolute atomic E-state index is 12.4. The van der Waals surface area contributed by atoms with Crippen molar-refractivity contribution in [1.29, 1.82) is 0 Å². The van der Waals surface area contributed by atoms with Crippen LogP contribution in [0, 0.1) is 5.92 Å². The highest BCUT2D eigenvalue weighted by Crippen LogP contribution is 2.17. The lowest BCUT2D eigenvalue weighted by Gasteiger charge is -2.35. The minimum absolute atomic E-state index is 0.00777. The predicted molar refractivity (Wildman–Crippen MR) is 81.0 cm³/mol. The first-order valence-corrected chi connectivity index (χ1v) is 7.57. The van der Waals surface area contributed by atoms with E-state index in [-0.39, 0.29) is 5.91 Å². The van der Waals surface area contributed by atoms with Crippen molar-refractivity contribution >= 4 is 17.5 Å². The van der Waals surface area contributed by atoms with Crippen molar-refractivity contribution in [2.24, 2.45) is 5.92 Å². The van der Waals surface area contributed by atoms with E-state index in [4.69, 9.17) is 11.6 Å². The zero-order valence-corrected chi connectivity index (χ0v) is 12.9. The number of piperazine rings is 1. The van der Waals surface area contributed by atoms with Crippen molar-refractivity contribution in [3.8, 4) is 0 Å². The molecule has 4 nitrogen and oxygen atoms in total. The molecule has 0 aromatic carbocycles. The number of rotatable bonds is 4. The van der Waals surface area contributed by atoms with Crippen LogP contribution in [0.1, 0.15) is 30.6 Å². The predicted octanol–water partition coefficient (Wildman–Crippen LogP) is 2.54. The van der Waals surface area contributed by atoms with Crippen molar-refractivity contribution < 1.29 is 4.79 Å². The summed E-state index contributed by atoms with van der Waals surface area (Å²) in [6.07, 6.45) is 4.36. The summed E-state index contributed by atoms with van der Waals surface area (Å²) in [5.41, 5.74) is 0.504. The summed E-state index contributed by atoms with van der Waals surface area (Å²) in [7, 11) is 0. The molecular weight excluding hydrogens is 274 g/mol. The molecule has 0 spiro atoms. The number of aromatic nitrogens is 1. The third-order valence-corrected chi connectivity index (χ3v) is 4.01. The number of nitrogens with zero attached hydrogens (tertiary/aromatic N) is 3. The SMILES string of the molecule is CC(C)CCN1CCN(C(=O)c2cnccc2Cl)CC1. The molecule has 1 saturated heterocycles. The number of pyridine rings is 1. The fraction of sp³-hybridized carbons (Fsp3) is 0.600. The van der Waals surface area contributed by atoms with Gasteiger partial charge in [-0.25, -0.2) is 0 Å². The summed E-state index contributed by atoms with van der Waals surface area (Å²) in [6, 6.07) is 1.66. The Morgan fingerprint density at radius 2 is 2.05 bits per heavy atom. The fourth-order valence-corrected chi connectivity index (χ4v) is 2.51. The molecule has 2 rings (SSSR count). The van der Waals surface area contributed by atoms with Gasteiger partial charge in [0, 0.05) is 38.6 Å². The van der Waals surface area contributed by atoms with Crippen molar-refractivity contribution in [3.05, 3.63) is 29.0 Å². The van der Waals surface area contributed by atoms with Crippen molar-refractivity contribution in [2.45, 2.75) is 20.3 Å². The van der Waals surface area contributed by atoms with Gasteiger partial charge in [0.25, 0.3) is 5.91 Å². The Balaban J connectivity index is 1.88. The number of amides is 1. The van der Waals surface area contributed by atoms with Gasteiger partial charge in [0.15, 0.2) is 0 Å². The van der Waals surface area contributed by atoms with Gasteiger partial charge in [-0.1, -0.05) is 25.4 Å². The molecule has 1 fully saturated rings. The Labute approximate surface area is 125 Å². The molecule has 2 heterocycles. The van der Waals surface area contributed by atoms with Gasteiger partial charge in [-0.15, -0.1) is 0 Å². The lowest BCUT2D eigenvalue weighted by molar-refractivity contribution is 0.0631. The van der Waals surface area contributed by atoms with E-state index in [0.717, 1.165) is 38.6 Å². The number of carbonyl (C=O) groups is 1. The quantitative estimate of drug-likeness (QED) is 0.856. The van der Waals surface area contributed by atoms with E-state index in [1.54, 1.807) is 18.5 Å². The first-order valence-electron chi connectivity index (χ1n) is 7.19. The Morgan fingerprint density at radius 1 is 1.35 bits per heavy atom. The van der Waals surface area contributed by atoms with Gasteiger partial charge < -0.3 is 4.90 Å². The summed E-state index contributed by atoms with van der Waals surface area (Å²) in [6.45, 7) is 9.01. The molecule has 20 heavy (non-hydrogen) atoms. The maximum atomic E-state index is 12.4. The monoisotopic (exact) mass is 295 g/mol. The standard InChI is InChI=1S/C15H22ClN3O/c1-12(2)4-6-18-7-9-19(10-8-18)15(20)13-11-17-5-3-14(13)16/h3,5,11-12H,4,6-10H2,1-2H3. The summed E-state index contributed by atoms with van der Waals surface area (Å²) >= 11 is 6.05. The highest BCUT2D eigenvalue weighted by molar-refractivity contribution is 6.33. The van der Waals surface area contributed by atoms with E-state index in [0.29, 0.717) is 10.6 Å². The minimum Gasteiger partial charge on any atom is -0.336 e. The number of hydrogen-bond acceptors (Lipinski definition) is 3. The lowest BCUT2D eigenvalue weighted by Crippen LogP contribution is -2.49. The first kappa shape index (κ1) is 15.3. The zero-order chi connectivity index (χ0) is 14.5. The summed E-state index contributed by atoms with van der Waals surface area (Å²) in [5.74, 6) is 0.718. The molecule has 1 aromatic rings. The van der Waals surface area contributed by atoms with Crippen LogP contribution in [0.5, 0.6) is 0 Å². The van der Waals surface area contributed by atoms with Crippen LogP contribution >= 0.6 is 11.6 Å². The van der Waals surface area contributed by atoms with E-state index in [1.807, 2.05) is 4.90 Å². The van der Waals surface area contributed by atoms with Crippen LogP contribution in [0.15, 0.2) is 18.5 Å². The summed E-state index contributed by atoms with van der Waals surface area (Å²) in [5, 5.41) is 0.479. The molecule has 0 aliphatic carbocycles. The van der Waals surface area contributed by atoms with E-state index in [1.165, 1.54) is 6.42 Å². The normalized spacial score (nSPS) is 16.7. The molecule has 5 heteroatoms. The fourth-order valence-electron chi connectivity index (χ4n) is 2.32. The minimum atomic E-state index is -0.00777. The second kappa shape index (κ2) is 7.04. The molecule has 0 atom stereocenters. The zero-order valence-electron chi connectivity index (χ0n) is 12.2. The molecule has 0 bridgehead atoms. The third-order valence-electron chi connectivity index (χ3n) is 3.68. The van der Waals surface area contributed by atoms with Crippen LogP contribution in [-0.2, 0) is 0 Å². The molecular formula is C15H22ClN3O. The second-order valence-electron chi connectivity index (χ2n) is 5.67. The van der Waals surface area contributed by atoms with Crippen molar-refractivity contribution in [2.75, 3.05) is 32.7 Å². The van der Waals surface area contributed by atoms with Crippen LogP contribution in [0.25, 0.3) is 0 Å². The highest BCUT2D eigenvalue weighted by Gasteiger charge is 2.23. The van der Waals surface area contributed by atoms with Gasteiger partial charge in [-0.2, -0.15) is 0 Å². The third kappa shape index (κ3) is 3.93. The lowest BCUT2D eigenvalue weighted by atomic mass is 10.1. The topological polar surface area (TPSA) is 36.4 Å². The smallest absolute Gasteiger partial charge is 0.257 e. The van der Waals surface area contributed by atoms with Crippen LogP contribution in [0.3, 0.4) is 0 Å². The van der Waals surface area contributed by atoms with E-state index < -0.39 is 0 Å². The molecule has 1 aliphatic rings. The van der Waals surface area contributed by atoms with Gasteiger partial charge in [0.2, 0.25) is 0 Å². The highest BCUT2D eigenvalue weighted by atomic mass is 35.5. The Morgan fingerprint density at radius 3 is 2.65 bits per heavy atom. The van der Waals surface area contributed by atoms with E-state index in [9.17, 15) is 4.79 Å². The average molecular weight is 296 g/mol. The van der Waals surface area contributed by atoms with Gasteiger partial charge in [0.05, 0.1) is 10.6 Å².